The van der Waals surface area contributed by atoms with Gasteiger partial charge in [0, 0.05) is 35.2 Å². The smallest absolute Gasteiger partial charge is 0.315 e. The average Bonchev–Trinajstić information content (AvgIpc) is 2.61. The number of amides is 3. The highest BCUT2D eigenvalue weighted by atomic mass is 35.5. The molecule has 0 aliphatic heterocycles. The first kappa shape index (κ1) is 20.0. The van der Waals surface area contributed by atoms with Gasteiger partial charge in [-0.25, -0.2) is 9.18 Å². The summed E-state index contributed by atoms with van der Waals surface area (Å²) in [7, 11) is 0. The Kier molecular flexibility index (Phi) is 7.69. The molecule has 0 saturated heterocycles. The Balaban J connectivity index is 1.61. The summed E-state index contributed by atoms with van der Waals surface area (Å²) < 4.78 is 12.8. The van der Waals surface area contributed by atoms with Crippen LogP contribution in [0.25, 0.3) is 0 Å². The monoisotopic (exact) mass is 397 g/mol. The van der Waals surface area contributed by atoms with Crippen LogP contribution < -0.4 is 16.0 Å². The second kappa shape index (κ2) is 9.99. The van der Waals surface area contributed by atoms with Crippen molar-refractivity contribution in [3.8, 4) is 0 Å². The molecule has 0 aromatic heterocycles. The molecule has 3 N–H and O–H groups in total. The van der Waals surface area contributed by atoms with E-state index in [0.29, 0.717) is 35.1 Å². The zero-order valence-corrected chi connectivity index (χ0v) is 15.3. The summed E-state index contributed by atoms with van der Waals surface area (Å²) >= 11 is 11.8. The van der Waals surface area contributed by atoms with Crippen molar-refractivity contribution in [2.75, 3.05) is 13.1 Å². The molecule has 2 rings (SSSR count). The Morgan fingerprint density at radius 1 is 0.923 bits per heavy atom. The van der Waals surface area contributed by atoms with E-state index < -0.39 is 5.82 Å². The Morgan fingerprint density at radius 3 is 2.31 bits per heavy atom. The molecule has 0 aliphatic rings. The van der Waals surface area contributed by atoms with E-state index in [4.69, 9.17) is 23.2 Å². The minimum atomic E-state index is -0.392. The number of carbonyl (C=O) groups is 2. The minimum Gasteiger partial charge on any atom is -0.352 e. The molecule has 0 spiro atoms. The van der Waals surface area contributed by atoms with E-state index in [1.807, 2.05) is 0 Å². The van der Waals surface area contributed by atoms with Gasteiger partial charge in [0.05, 0.1) is 0 Å². The number of benzene rings is 2. The second-order valence-electron chi connectivity index (χ2n) is 5.46. The van der Waals surface area contributed by atoms with Crippen molar-refractivity contribution in [1.82, 2.24) is 16.0 Å². The van der Waals surface area contributed by atoms with E-state index in [9.17, 15) is 14.0 Å². The van der Waals surface area contributed by atoms with Crippen molar-refractivity contribution in [3.63, 3.8) is 0 Å². The van der Waals surface area contributed by atoms with Crippen molar-refractivity contribution in [3.05, 3.63) is 69.5 Å². The van der Waals surface area contributed by atoms with Gasteiger partial charge in [-0.2, -0.15) is 0 Å². The van der Waals surface area contributed by atoms with Crippen LogP contribution in [0.4, 0.5) is 9.18 Å². The molecular weight excluding hydrogens is 380 g/mol. The third-order valence-electron chi connectivity index (χ3n) is 3.49. The van der Waals surface area contributed by atoms with Crippen LogP contribution in [0.15, 0.2) is 42.5 Å². The van der Waals surface area contributed by atoms with Crippen LogP contribution in [-0.4, -0.2) is 25.0 Å². The number of rotatable bonds is 7. The van der Waals surface area contributed by atoms with Gasteiger partial charge < -0.3 is 16.0 Å². The lowest BCUT2D eigenvalue weighted by Gasteiger charge is -2.09. The quantitative estimate of drug-likeness (QED) is 0.622. The van der Waals surface area contributed by atoms with Gasteiger partial charge in [0.15, 0.2) is 0 Å². The van der Waals surface area contributed by atoms with Crippen molar-refractivity contribution >= 4 is 35.1 Å². The van der Waals surface area contributed by atoms with E-state index in [1.54, 1.807) is 18.2 Å². The lowest BCUT2D eigenvalue weighted by molar-refractivity contribution is 0.0953. The lowest BCUT2D eigenvalue weighted by atomic mass is 10.2. The summed E-state index contributed by atoms with van der Waals surface area (Å²) in [4.78, 5) is 23.5. The standard InChI is InChI=1S/C18H18Cl2FN3O2/c19-14-5-2-13(16(20)10-14)11-24-18(26)23-9-1-8-22-17(25)12-3-6-15(21)7-4-12/h2-7,10H,1,8-9,11H2,(H,22,25)(H2,23,24,26). The van der Waals surface area contributed by atoms with Gasteiger partial charge in [0.25, 0.3) is 5.91 Å². The van der Waals surface area contributed by atoms with Gasteiger partial charge in [-0.05, 0) is 48.4 Å². The van der Waals surface area contributed by atoms with E-state index >= 15 is 0 Å². The number of halogens is 3. The van der Waals surface area contributed by atoms with Crippen LogP contribution in [-0.2, 0) is 6.54 Å². The predicted octanol–water partition coefficient (Wildman–Crippen LogP) is 3.75. The highest BCUT2D eigenvalue weighted by molar-refractivity contribution is 6.35. The molecule has 3 amide bonds. The fraction of sp³-hybridized carbons (Fsp3) is 0.222. The number of hydrogen-bond donors (Lipinski definition) is 3. The van der Waals surface area contributed by atoms with Crippen molar-refractivity contribution in [2.24, 2.45) is 0 Å². The van der Waals surface area contributed by atoms with Gasteiger partial charge in [0.2, 0.25) is 0 Å². The molecule has 2 aromatic rings. The summed E-state index contributed by atoms with van der Waals surface area (Å²) in [6, 6.07) is 10.0. The summed E-state index contributed by atoms with van der Waals surface area (Å²) in [6.45, 7) is 1.06. The first-order valence-corrected chi connectivity index (χ1v) is 8.70. The average molecular weight is 398 g/mol. The predicted molar refractivity (Wildman–Crippen MR) is 100 cm³/mol. The highest BCUT2D eigenvalue weighted by Crippen LogP contribution is 2.20. The molecule has 0 aliphatic carbocycles. The summed E-state index contributed by atoms with van der Waals surface area (Å²) in [6.07, 6.45) is 0.558. The minimum absolute atomic E-state index is 0.281. The molecule has 2 aromatic carbocycles. The van der Waals surface area contributed by atoms with Crippen molar-refractivity contribution in [2.45, 2.75) is 13.0 Å². The summed E-state index contributed by atoms with van der Waals surface area (Å²) in [5.41, 5.74) is 1.15. The Labute approximate surface area is 160 Å². The third-order valence-corrected chi connectivity index (χ3v) is 4.07. The zero-order chi connectivity index (χ0) is 18.9. The largest absolute Gasteiger partial charge is 0.352 e. The molecule has 0 bridgehead atoms. The van der Waals surface area contributed by atoms with Gasteiger partial charge in [-0.15, -0.1) is 0 Å². The van der Waals surface area contributed by atoms with E-state index in [1.165, 1.54) is 24.3 Å². The lowest BCUT2D eigenvalue weighted by Crippen LogP contribution is -2.37. The number of urea groups is 1. The maximum absolute atomic E-state index is 12.8. The second-order valence-corrected chi connectivity index (χ2v) is 6.31. The normalized spacial score (nSPS) is 10.3. The number of hydrogen-bond acceptors (Lipinski definition) is 2. The van der Waals surface area contributed by atoms with Gasteiger partial charge in [-0.3, -0.25) is 4.79 Å². The van der Waals surface area contributed by atoms with Crippen molar-refractivity contribution in [1.29, 1.82) is 0 Å². The van der Waals surface area contributed by atoms with Crippen LogP contribution in [0.1, 0.15) is 22.3 Å². The van der Waals surface area contributed by atoms with Crippen molar-refractivity contribution < 1.29 is 14.0 Å². The van der Waals surface area contributed by atoms with Crippen LogP contribution >= 0.6 is 23.2 Å². The van der Waals surface area contributed by atoms with E-state index in [0.717, 1.165) is 5.56 Å². The zero-order valence-electron chi connectivity index (χ0n) is 13.8. The first-order chi connectivity index (χ1) is 12.5. The maximum atomic E-state index is 12.8. The Hall–Kier alpha value is -2.31. The highest BCUT2D eigenvalue weighted by Gasteiger charge is 2.06. The Morgan fingerprint density at radius 2 is 1.62 bits per heavy atom. The molecule has 8 heteroatoms. The molecule has 0 radical (unpaired) electrons. The summed E-state index contributed by atoms with van der Waals surface area (Å²) in [5.74, 6) is -0.677. The van der Waals surface area contributed by atoms with E-state index in [2.05, 4.69) is 16.0 Å². The fourth-order valence-corrected chi connectivity index (χ4v) is 2.57. The SMILES string of the molecule is O=C(NCCCNC(=O)c1ccc(F)cc1)NCc1ccc(Cl)cc1Cl. The van der Waals surface area contributed by atoms with E-state index in [-0.39, 0.29) is 18.5 Å². The molecule has 0 unspecified atom stereocenters. The number of carbonyl (C=O) groups excluding carboxylic acids is 2. The molecule has 0 heterocycles. The molecule has 0 atom stereocenters. The van der Waals surface area contributed by atoms with Crippen LogP contribution in [0.2, 0.25) is 10.0 Å². The number of nitrogens with one attached hydrogen (secondary N) is 3. The van der Waals surface area contributed by atoms with Crippen LogP contribution in [0.5, 0.6) is 0 Å². The fourth-order valence-electron chi connectivity index (χ4n) is 2.10. The first-order valence-electron chi connectivity index (χ1n) is 7.95. The van der Waals surface area contributed by atoms with Crippen LogP contribution in [0, 0.1) is 5.82 Å². The molecule has 0 saturated carbocycles. The topological polar surface area (TPSA) is 70.2 Å². The molecule has 26 heavy (non-hydrogen) atoms. The molecule has 0 fully saturated rings. The van der Waals surface area contributed by atoms with Gasteiger partial charge in [0.1, 0.15) is 5.82 Å². The summed E-state index contributed by atoms with van der Waals surface area (Å²) in [5, 5.41) is 9.09. The molecule has 138 valence electrons. The Bertz CT molecular complexity index is 770. The van der Waals surface area contributed by atoms with Gasteiger partial charge in [-0.1, -0.05) is 29.3 Å². The van der Waals surface area contributed by atoms with Crippen LogP contribution in [0.3, 0.4) is 0 Å². The third kappa shape index (κ3) is 6.54. The molecule has 5 nitrogen and oxygen atoms in total. The maximum Gasteiger partial charge on any atom is 0.315 e. The van der Waals surface area contributed by atoms with Gasteiger partial charge >= 0.3 is 6.03 Å². The molecular formula is C18H18Cl2FN3O2.